The van der Waals surface area contributed by atoms with Crippen molar-refractivity contribution in [3.8, 4) is 0 Å². The van der Waals surface area contributed by atoms with E-state index in [4.69, 9.17) is 9.47 Å². The van der Waals surface area contributed by atoms with Crippen LogP contribution in [0.1, 0.15) is 63.1 Å². The van der Waals surface area contributed by atoms with Gasteiger partial charge >= 0.3 is 5.97 Å². The average Bonchev–Trinajstić information content (AvgIpc) is 2.82. The number of hydrogen-bond acceptors (Lipinski definition) is 5. The highest BCUT2D eigenvalue weighted by molar-refractivity contribution is 5.88. The summed E-state index contributed by atoms with van der Waals surface area (Å²) < 4.78 is 12.4. The van der Waals surface area contributed by atoms with Crippen LogP contribution in [0, 0.1) is 5.92 Å². The van der Waals surface area contributed by atoms with E-state index in [2.05, 4.69) is 24.2 Å². The Kier molecular flexibility index (Phi) is 7.36. The van der Waals surface area contributed by atoms with E-state index in [1.165, 1.54) is 0 Å². The number of nitrogens with zero attached hydrogens (tertiary/aromatic N) is 3. The van der Waals surface area contributed by atoms with Gasteiger partial charge in [-0.25, -0.2) is 9.48 Å². The maximum atomic E-state index is 11.9. The lowest BCUT2D eigenvalue weighted by Crippen LogP contribution is -2.15. The minimum Gasteiger partial charge on any atom is -0.461 e. The zero-order valence-corrected chi connectivity index (χ0v) is 13.8. The van der Waals surface area contributed by atoms with Crippen molar-refractivity contribution in [3.05, 3.63) is 11.4 Å². The van der Waals surface area contributed by atoms with E-state index in [1.54, 1.807) is 11.6 Å². The van der Waals surface area contributed by atoms with E-state index in [1.807, 2.05) is 13.8 Å². The lowest BCUT2D eigenvalue weighted by atomic mass is 10.1. The minimum atomic E-state index is -0.409. The number of carbonyl (C=O) groups is 1. The Labute approximate surface area is 126 Å². The van der Waals surface area contributed by atoms with Gasteiger partial charge in [0.05, 0.1) is 25.5 Å². The molecule has 0 aliphatic heterocycles. The molecule has 21 heavy (non-hydrogen) atoms. The number of hydrogen-bond donors (Lipinski definition) is 0. The van der Waals surface area contributed by atoms with E-state index in [0.717, 1.165) is 18.7 Å². The molecule has 0 bridgehead atoms. The smallest absolute Gasteiger partial charge is 0.360 e. The molecular weight excluding hydrogens is 270 g/mol. The first-order chi connectivity index (χ1) is 9.97. The third-order valence-electron chi connectivity index (χ3n) is 3.08. The van der Waals surface area contributed by atoms with E-state index >= 15 is 0 Å². The molecule has 0 aliphatic carbocycles. The number of aromatic nitrogens is 3. The molecule has 0 unspecified atom stereocenters. The van der Waals surface area contributed by atoms with E-state index in [0.29, 0.717) is 31.4 Å². The molecule has 1 aromatic heterocycles. The van der Waals surface area contributed by atoms with Crippen LogP contribution < -0.4 is 0 Å². The summed E-state index contributed by atoms with van der Waals surface area (Å²) in [4.78, 5) is 11.9. The molecule has 120 valence electrons. The molecule has 0 fully saturated rings. The highest BCUT2D eigenvalue weighted by Crippen LogP contribution is 2.18. The second kappa shape index (κ2) is 8.77. The minimum absolute atomic E-state index is 0.148. The van der Waals surface area contributed by atoms with Crippen LogP contribution in [-0.4, -0.2) is 40.8 Å². The van der Waals surface area contributed by atoms with Crippen LogP contribution >= 0.6 is 0 Å². The summed E-state index contributed by atoms with van der Waals surface area (Å²) in [6, 6.07) is 0. The monoisotopic (exact) mass is 297 g/mol. The Balaban J connectivity index is 2.63. The second-order valence-electron chi connectivity index (χ2n) is 5.72. The number of esters is 1. The molecule has 0 saturated heterocycles. The van der Waals surface area contributed by atoms with Gasteiger partial charge in [-0.3, -0.25) is 0 Å². The molecule has 1 rings (SSSR count). The molecule has 0 N–H and O–H groups in total. The molecule has 6 nitrogen and oxygen atoms in total. The average molecular weight is 297 g/mol. The van der Waals surface area contributed by atoms with Gasteiger partial charge in [-0.05, 0) is 25.2 Å². The van der Waals surface area contributed by atoms with E-state index < -0.39 is 5.97 Å². The van der Waals surface area contributed by atoms with Crippen LogP contribution in [0.4, 0.5) is 0 Å². The summed E-state index contributed by atoms with van der Waals surface area (Å²) in [6.07, 6.45) is 1.04. The summed E-state index contributed by atoms with van der Waals surface area (Å²) in [5.74, 6) is 0.376. The molecule has 1 aromatic rings. The summed E-state index contributed by atoms with van der Waals surface area (Å²) in [7, 11) is 0. The van der Waals surface area contributed by atoms with Crippen LogP contribution in [-0.2, 0) is 16.0 Å². The normalized spacial score (nSPS) is 11.4. The Bertz CT molecular complexity index is 441. The fraction of sp³-hybridized carbons (Fsp3) is 0.800. The third kappa shape index (κ3) is 5.46. The first kappa shape index (κ1) is 17.6. The predicted molar refractivity (Wildman–Crippen MR) is 80.3 cm³/mol. The van der Waals surface area contributed by atoms with Crippen LogP contribution in [0.25, 0.3) is 0 Å². The Morgan fingerprint density at radius 1 is 1.24 bits per heavy atom. The quantitative estimate of drug-likeness (QED) is 0.518. The van der Waals surface area contributed by atoms with Crippen molar-refractivity contribution in [3.63, 3.8) is 0 Å². The molecule has 0 spiro atoms. The fourth-order valence-electron chi connectivity index (χ4n) is 1.97. The van der Waals surface area contributed by atoms with E-state index in [9.17, 15) is 4.79 Å². The van der Waals surface area contributed by atoms with Crippen LogP contribution in [0.3, 0.4) is 0 Å². The maximum absolute atomic E-state index is 11.9. The van der Waals surface area contributed by atoms with Gasteiger partial charge in [-0.1, -0.05) is 32.9 Å². The van der Waals surface area contributed by atoms with Gasteiger partial charge in [-0.15, -0.1) is 5.10 Å². The van der Waals surface area contributed by atoms with Crippen LogP contribution in [0.5, 0.6) is 0 Å². The molecule has 0 amide bonds. The predicted octanol–water partition coefficient (Wildman–Crippen LogP) is 2.64. The standard InChI is InChI=1S/C15H27N3O3/c1-6-21-15(19)13-14(12(4)5)18(17-16-13)8-10-20-9-7-11(2)3/h11-12H,6-10H2,1-5H3. The first-order valence-corrected chi connectivity index (χ1v) is 7.65. The fourth-order valence-corrected chi connectivity index (χ4v) is 1.97. The summed E-state index contributed by atoms with van der Waals surface area (Å²) in [5, 5.41) is 8.03. The third-order valence-corrected chi connectivity index (χ3v) is 3.08. The van der Waals surface area contributed by atoms with Gasteiger partial charge in [0.2, 0.25) is 0 Å². The highest BCUT2D eigenvalue weighted by Gasteiger charge is 2.22. The second-order valence-corrected chi connectivity index (χ2v) is 5.72. The van der Waals surface area contributed by atoms with Crippen molar-refractivity contribution in [2.75, 3.05) is 19.8 Å². The molecule has 0 aliphatic rings. The molecule has 0 radical (unpaired) electrons. The van der Waals surface area contributed by atoms with Gasteiger partial charge in [0.1, 0.15) is 0 Å². The van der Waals surface area contributed by atoms with Gasteiger partial charge in [0.15, 0.2) is 5.69 Å². The Morgan fingerprint density at radius 2 is 1.95 bits per heavy atom. The topological polar surface area (TPSA) is 66.2 Å². The molecule has 6 heteroatoms. The van der Waals surface area contributed by atoms with Crippen molar-refractivity contribution < 1.29 is 14.3 Å². The van der Waals surface area contributed by atoms with Crippen molar-refractivity contribution in [1.29, 1.82) is 0 Å². The van der Waals surface area contributed by atoms with Crippen LogP contribution in [0.2, 0.25) is 0 Å². The molecule has 0 atom stereocenters. The highest BCUT2D eigenvalue weighted by atomic mass is 16.5. The summed E-state index contributed by atoms with van der Waals surface area (Å²) in [6.45, 7) is 12.4. The van der Waals surface area contributed by atoms with Crippen molar-refractivity contribution in [2.24, 2.45) is 5.92 Å². The molecule has 0 saturated carbocycles. The SMILES string of the molecule is CCOC(=O)c1nnn(CCOCCC(C)C)c1C(C)C. The Morgan fingerprint density at radius 3 is 2.52 bits per heavy atom. The molecule has 0 aromatic carbocycles. The lowest BCUT2D eigenvalue weighted by molar-refractivity contribution is 0.0517. The van der Waals surface area contributed by atoms with E-state index in [-0.39, 0.29) is 5.92 Å². The zero-order valence-electron chi connectivity index (χ0n) is 13.8. The largest absolute Gasteiger partial charge is 0.461 e. The van der Waals surface area contributed by atoms with Crippen molar-refractivity contribution >= 4 is 5.97 Å². The van der Waals surface area contributed by atoms with Crippen molar-refractivity contribution in [2.45, 2.75) is 53.5 Å². The van der Waals surface area contributed by atoms with Gasteiger partial charge in [0.25, 0.3) is 0 Å². The first-order valence-electron chi connectivity index (χ1n) is 7.65. The molecular formula is C15H27N3O3. The van der Waals surface area contributed by atoms with Gasteiger partial charge in [-0.2, -0.15) is 0 Å². The number of rotatable bonds is 9. The lowest BCUT2D eigenvalue weighted by Gasteiger charge is -2.11. The number of carbonyl (C=O) groups excluding carboxylic acids is 1. The van der Waals surface area contributed by atoms with Crippen LogP contribution in [0.15, 0.2) is 0 Å². The summed E-state index contributed by atoms with van der Waals surface area (Å²) in [5.41, 5.74) is 1.12. The van der Waals surface area contributed by atoms with Gasteiger partial charge in [0, 0.05) is 6.61 Å². The Hall–Kier alpha value is -1.43. The van der Waals surface area contributed by atoms with Crippen molar-refractivity contribution in [1.82, 2.24) is 15.0 Å². The summed E-state index contributed by atoms with van der Waals surface area (Å²) >= 11 is 0. The van der Waals surface area contributed by atoms with Gasteiger partial charge < -0.3 is 9.47 Å². The molecule has 1 heterocycles. The zero-order chi connectivity index (χ0) is 15.8. The maximum Gasteiger partial charge on any atom is 0.360 e. The number of ether oxygens (including phenoxy) is 2.